The Balaban J connectivity index is 1.52. The molecule has 3 heterocycles. The molecule has 0 aromatic heterocycles. The first-order valence-corrected chi connectivity index (χ1v) is 13.3. The van der Waals surface area contributed by atoms with Gasteiger partial charge in [0.2, 0.25) is 0 Å². The van der Waals surface area contributed by atoms with Crippen molar-refractivity contribution in [1.82, 2.24) is 9.80 Å². The van der Waals surface area contributed by atoms with Crippen LogP contribution in [-0.2, 0) is 6.42 Å². The van der Waals surface area contributed by atoms with Crippen molar-refractivity contribution >= 4 is 17.7 Å². The van der Waals surface area contributed by atoms with Crippen LogP contribution in [0.2, 0.25) is 5.02 Å². The number of hydrogen-bond donors (Lipinski definition) is 1. The van der Waals surface area contributed by atoms with Crippen molar-refractivity contribution in [1.29, 1.82) is 0 Å². The second kappa shape index (κ2) is 9.01. The number of benzene rings is 2. The molecule has 2 bridgehead atoms. The molecule has 3 aliphatic heterocycles. The van der Waals surface area contributed by atoms with Crippen LogP contribution >= 0.6 is 11.6 Å². The highest BCUT2D eigenvalue weighted by Gasteiger charge is 2.50. The summed E-state index contributed by atoms with van der Waals surface area (Å²) in [4.78, 5) is 17.0. The highest BCUT2D eigenvalue weighted by molar-refractivity contribution is 6.32. The fourth-order valence-corrected chi connectivity index (χ4v) is 6.96. The van der Waals surface area contributed by atoms with Crippen LogP contribution in [0.15, 0.2) is 30.3 Å². The van der Waals surface area contributed by atoms with Crippen molar-refractivity contribution in [3.8, 4) is 16.9 Å². The number of carboxylic acid groups (broad SMARTS) is 1. The summed E-state index contributed by atoms with van der Waals surface area (Å²) in [7, 11) is 0. The molecule has 2 aromatic carbocycles. The van der Waals surface area contributed by atoms with Crippen molar-refractivity contribution in [2.45, 2.75) is 72.1 Å². The van der Waals surface area contributed by atoms with Crippen LogP contribution in [0.4, 0.5) is 4.79 Å². The second-order valence-corrected chi connectivity index (χ2v) is 12.0. The number of piperidine rings is 3. The third-order valence-electron chi connectivity index (χ3n) is 8.25. The lowest BCUT2D eigenvalue weighted by Gasteiger charge is -2.51. The average molecular weight is 497 g/mol. The maximum absolute atomic E-state index is 12.8. The maximum Gasteiger partial charge on any atom is 0.408 e. The molecule has 0 radical (unpaired) electrons. The normalized spacial score (nSPS) is 26.6. The summed E-state index contributed by atoms with van der Waals surface area (Å²) in [6.07, 6.45) is 2.33. The summed E-state index contributed by atoms with van der Waals surface area (Å²) >= 11 is 6.55. The smallest absolute Gasteiger partial charge is 0.408 e. The third-order valence-corrected chi connectivity index (χ3v) is 8.55. The molecule has 0 saturated carbocycles. The Morgan fingerprint density at radius 1 is 1.20 bits per heavy atom. The number of hydrogen-bond acceptors (Lipinski definition) is 3. The van der Waals surface area contributed by atoms with Gasteiger partial charge < -0.3 is 14.7 Å². The van der Waals surface area contributed by atoms with E-state index in [1.165, 1.54) is 11.1 Å². The summed E-state index contributed by atoms with van der Waals surface area (Å²) in [5, 5.41) is 11.1. The van der Waals surface area contributed by atoms with Gasteiger partial charge in [0.05, 0.1) is 23.2 Å². The standard InChI is InChI=1S/C29H37ClN2O3/c1-17(2)35-26-7-6-20(14-24(26)30)22-13-21-15-29(4,5)27(23(21)12-18(22)3)32(28(33)34)25-16-31-10-8-19(25)9-11-31/h6-7,12-14,17,19,25,27H,8-11,15-16H2,1-5H3,(H,33,34)/t25-,27+/m1/s1. The van der Waals surface area contributed by atoms with Gasteiger partial charge in [0.25, 0.3) is 0 Å². The van der Waals surface area contributed by atoms with Crippen LogP contribution in [0.1, 0.15) is 63.3 Å². The highest BCUT2D eigenvalue weighted by Crippen LogP contribution is 2.52. The molecule has 4 aliphatic rings. The molecule has 1 amide bonds. The van der Waals surface area contributed by atoms with E-state index in [4.69, 9.17) is 16.3 Å². The molecule has 2 aromatic rings. The number of nitrogens with zero attached hydrogens (tertiary/aromatic N) is 2. The van der Waals surface area contributed by atoms with Gasteiger partial charge in [-0.1, -0.05) is 43.6 Å². The first kappa shape index (κ1) is 24.5. The molecule has 188 valence electrons. The number of ether oxygens (including phenoxy) is 1. The topological polar surface area (TPSA) is 53.0 Å². The monoisotopic (exact) mass is 496 g/mol. The average Bonchev–Trinajstić information content (AvgIpc) is 3.04. The number of amides is 1. The van der Waals surface area contributed by atoms with Crippen molar-refractivity contribution in [3.05, 3.63) is 52.0 Å². The minimum atomic E-state index is -0.788. The lowest BCUT2D eigenvalue weighted by atomic mass is 9.79. The van der Waals surface area contributed by atoms with Gasteiger partial charge >= 0.3 is 6.09 Å². The summed E-state index contributed by atoms with van der Waals surface area (Å²) in [6.45, 7) is 13.6. The SMILES string of the molecule is Cc1cc2c(cc1-c1ccc(OC(C)C)c(Cl)c1)CC(C)(C)[C@H]2N(C(=O)O)[C@@H]1CN2CCC1CC2. The van der Waals surface area contributed by atoms with Gasteiger partial charge in [0.1, 0.15) is 5.75 Å². The summed E-state index contributed by atoms with van der Waals surface area (Å²) in [5.41, 5.74) is 5.57. The zero-order valence-electron chi connectivity index (χ0n) is 21.5. The van der Waals surface area contributed by atoms with Gasteiger partial charge in [-0.2, -0.15) is 0 Å². The van der Waals surface area contributed by atoms with Crippen LogP contribution in [0.3, 0.4) is 0 Å². The summed E-state index contributed by atoms with van der Waals surface area (Å²) in [5.74, 6) is 1.16. The fourth-order valence-electron chi connectivity index (χ4n) is 6.74. The number of fused-ring (bicyclic) bond motifs is 4. The molecular formula is C29H37ClN2O3. The molecular weight excluding hydrogens is 460 g/mol. The zero-order valence-corrected chi connectivity index (χ0v) is 22.2. The molecule has 3 saturated heterocycles. The highest BCUT2D eigenvalue weighted by atomic mass is 35.5. The van der Waals surface area contributed by atoms with Crippen molar-refractivity contribution in [2.75, 3.05) is 19.6 Å². The first-order valence-electron chi connectivity index (χ1n) is 12.9. The Kier molecular flexibility index (Phi) is 6.29. The van der Waals surface area contributed by atoms with Gasteiger partial charge in [0.15, 0.2) is 0 Å². The molecule has 1 aliphatic carbocycles. The third kappa shape index (κ3) is 4.42. The summed E-state index contributed by atoms with van der Waals surface area (Å²) < 4.78 is 5.81. The van der Waals surface area contributed by atoms with Gasteiger partial charge in [0, 0.05) is 6.54 Å². The molecule has 0 unspecified atom stereocenters. The van der Waals surface area contributed by atoms with E-state index < -0.39 is 6.09 Å². The Bertz CT molecular complexity index is 1140. The van der Waals surface area contributed by atoms with E-state index in [1.54, 1.807) is 0 Å². The molecule has 3 fully saturated rings. The quantitative estimate of drug-likeness (QED) is 0.494. The van der Waals surface area contributed by atoms with E-state index in [0.717, 1.165) is 55.6 Å². The molecule has 2 atom stereocenters. The minimum Gasteiger partial charge on any atom is -0.489 e. The maximum atomic E-state index is 12.8. The lowest BCUT2D eigenvalue weighted by Crippen LogP contribution is -2.60. The molecule has 6 heteroatoms. The Labute approximate surface area is 214 Å². The fraction of sp³-hybridized carbons (Fsp3) is 0.552. The van der Waals surface area contributed by atoms with Crippen LogP contribution in [0.25, 0.3) is 11.1 Å². The predicted molar refractivity (Wildman–Crippen MR) is 140 cm³/mol. The lowest BCUT2D eigenvalue weighted by molar-refractivity contribution is -0.0267. The van der Waals surface area contributed by atoms with Crippen LogP contribution in [0, 0.1) is 18.3 Å². The van der Waals surface area contributed by atoms with Crippen molar-refractivity contribution < 1.29 is 14.6 Å². The van der Waals surface area contributed by atoms with Gasteiger partial charge in [-0.15, -0.1) is 0 Å². The van der Waals surface area contributed by atoms with E-state index in [2.05, 4.69) is 43.9 Å². The van der Waals surface area contributed by atoms with E-state index >= 15 is 0 Å². The van der Waals surface area contributed by atoms with E-state index in [-0.39, 0.29) is 23.6 Å². The Hall–Kier alpha value is -2.24. The first-order chi connectivity index (χ1) is 16.5. The number of halogens is 1. The van der Waals surface area contributed by atoms with Crippen LogP contribution in [0.5, 0.6) is 5.75 Å². The Morgan fingerprint density at radius 3 is 2.49 bits per heavy atom. The van der Waals surface area contributed by atoms with Gasteiger partial charge in [-0.25, -0.2) is 4.79 Å². The van der Waals surface area contributed by atoms with Crippen LogP contribution < -0.4 is 4.74 Å². The van der Waals surface area contributed by atoms with E-state index in [0.29, 0.717) is 16.7 Å². The largest absolute Gasteiger partial charge is 0.489 e. The predicted octanol–water partition coefficient (Wildman–Crippen LogP) is 6.80. The minimum absolute atomic E-state index is 0.0626. The molecule has 5 nitrogen and oxygen atoms in total. The number of aryl methyl sites for hydroxylation is 1. The number of carbonyl (C=O) groups is 1. The van der Waals surface area contributed by atoms with Crippen LogP contribution in [-0.4, -0.2) is 52.8 Å². The zero-order chi connectivity index (χ0) is 25.1. The Morgan fingerprint density at radius 2 is 1.91 bits per heavy atom. The van der Waals surface area contributed by atoms with Gasteiger partial charge in [-0.05, 0) is 104 Å². The number of rotatable bonds is 5. The van der Waals surface area contributed by atoms with Gasteiger partial charge in [-0.3, -0.25) is 4.90 Å². The molecule has 1 N–H and O–H groups in total. The van der Waals surface area contributed by atoms with Crippen molar-refractivity contribution in [2.24, 2.45) is 11.3 Å². The van der Waals surface area contributed by atoms with E-state index in [1.807, 2.05) is 30.9 Å². The van der Waals surface area contributed by atoms with Crippen molar-refractivity contribution in [3.63, 3.8) is 0 Å². The molecule has 35 heavy (non-hydrogen) atoms. The van der Waals surface area contributed by atoms with E-state index in [9.17, 15) is 9.90 Å². The molecule has 0 spiro atoms. The molecule has 6 rings (SSSR count). The second-order valence-electron chi connectivity index (χ2n) is 11.6. The summed E-state index contributed by atoms with van der Waals surface area (Å²) in [6, 6.07) is 10.4.